The van der Waals surface area contributed by atoms with E-state index in [0.717, 1.165) is 17.1 Å². The van der Waals surface area contributed by atoms with Crippen LogP contribution in [-0.4, -0.2) is 9.78 Å². The molecule has 0 fully saturated rings. The lowest BCUT2D eigenvalue weighted by Gasteiger charge is -2.05. The number of aromatic nitrogens is 2. The largest absolute Gasteiger partial charge is 0.487 e. The fourth-order valence-electron chi connectivity index (χ4n) is 1.58. The lowest BCUT2D eigenvalue weighted by Crippen LogP contribution is -2.02. The Hall–Kier alpha value is -2.28. The molecule has 1 aromatic heterocycles. The van der Waals surface area contributed by atoms with Crippen molar-refractivity contribution in [1.82, 2.24) is 9.78 Å². The maximum absolute atomic E-state index is 8.67. The molecule has 2 rings (SSSR count). The molecule has 1 heterocycles. The van der Waals surface area contributed by atoms with Crippen LogP contribution < -0.4 is 4.74 Å². The van der Waals surface area contributed by atoms with Crippen molar-refractivity contribution in [2.24, 2.45) is 7.05 Å². The summed E-state index contributed by atoms with van der Waals surface area (Å²) < 4.78 is 7.42. The normalized spacial score (nSPS) is 9.94. The first-order valence-electron chi connectivity index (χ1n) is 5.31. The molecule has 0 aliphatic carbocycles. The molecular formula is C13H13N3O. The van der Waals surface area contributed by atoms with Crippen LogP contribution in [0, 0.1) is 18.3 Å². The molecule has 1 aromatic carbocycles. The minimum atomic E-state index is 0.475. The maximum atomic E-state index is 8.67. The average molecular weight is 227 g/mol. The van der Waals surface area contributed by atoms with Crippen molar-refractivity contribution in [3.8, 4) is 11.8 Å². The topological polar surface area (TPSA) is 50.8 Å². The van der Waals surface area contributed by atoms with Gasteiger partial charge in [-0.05, 0) is 37.3 Å². The summed E-state index contributed by atoms with van der Waals surface area (Å²) in [5.74, 6) is 0.753. The minimum Gasteiger partial charge on any atom is -0.487 e. The Morgan fingerprint density at radius 2 is 2.06 bits per heavy atom. The van der Waals surface area contributed by atoms with Gasteiger partial charge in [0.05, 0.1) is 23.0 Å². The summed E-state index contributed by atoms with van der Waals surface area (Å²) in [6.07, 6.45) is 0. The third-order valence-corrected chi connectivity index (χ3v) is 2.47. The zero-order valence-electron chi connectivity index (χ0n) is 9.84. The third kappa shape index (κ3) is 2.64. The van der Waals surface area contributed by atoms with Crippen molar-refractivity contribution in [2.75, 3.05) is 0 Å². The summed E-state index contributed by atoms with van der Waals surface area (Å²) in [6, 6.07) is 11.1. The molecule has 0 unspecified atom stereocenters. The Balaban J connectivity index is 2.02. The second kappa shape index (κ2) is 4.71. The van der Waals surface area contributed by atoms with Crippen LogP contribution in [0.3, 0.4) is 0 Å². The number of benzene rings is 1. The van der Waals surface area contributed by atoms with Gasteiger partial charge in [-0.15, -0.1) is 0 Å². The van der Waals surface area contributed by atoms with Crippen LogP contribution in [0.25, 0.3) is 0 Å². The van der Waals surface area contributed by atoms with Gasteiger partial charge in [0.2, 0.25) is 0 Å². The molecule has 0 aliphatic rings. The van der Waals surface area contributed by atoms with Crippen molar-refractivity contribution in [3.05, 3.63) is 47.3 Å². The van der Waals surface area contributed by atoms with Crippen molar-refractivity contribution >= 4 is 0 Å². The highest BCUT2D eigenvalue weighted by molar-refractivity contribution is 5.34. The lowest BCUT2D eigenvalue weighted by molar-refractivity contribution is 0.295. The Kier molecular flexibility index (Phi) is 3.10. The number of hydrogen-bond donors (Lipinski definition) is 0. The van der Waals surface area contributed by atoms with Crippen LogP contribution in [0.5, 0.6) is 5.75 Å². The number of nitrogens with zero attached hydrogens (tertiary/aromatic N) is 3. The van der Waals surface area contributed by atoms with E-state index in [2.05, 4.69) is 11.2 Å². The van der Waals surface area contributed by atoms with Crippen molar-refractivity contribution in [3.63, 3.8) is 0 Å². The molecular weight excluding hydrogens is 214 g/mol. The number of hydrogen-bond acceptors (Lipinski definition) is 3. The molecule has 17 heavy (non-hydrogen) atoms. The SMILES string of the molecule is Cc1cc(COc2ccc(C#N)cc2)n(C)n1. The molecule has 0 bridgehead atoms. The van der Waals surface area contributed by atoms with Crippen LogP contribution in [-0.2, 0) is 13.7 Å². The van der Waals surface area contributed by atoms with E-state index in [0.29, 0.717) is 12.2 Å². The van der Waals surface area contributed by atoms with Gasteiger partial charge in [0.1, 0.15) is 12.4 Å². The third-order valence-electron chi connectivity index (χ3n) is 2.47. The summed E-state index contributed by atoms with van der Waals surface area (Å²) in [5, 5.41) is 12.9. The predicted octanol–water partition coefficient (Wildman–Crippen LogP) is 2.18. The molecule has 0 saturated carbocycles. The highest BCUT2D eigenvalue weighted by Crippen LogP contribution is 2.13. The molecule has 0 saturated heterocycles. The first kappa shape index (κ1) is 11.2. The molecule has 0 atom stereocenters. The number of rotatable bonds is 3. The monoisotopic (exact) mass is 227 g/mol. The molecule has 0 radical (unpaired) electrons. The van der Waals surface area contributed by atoms with E-state index in [1.54, 1.807) is 28.9 Å². The lowest BCUT2D eigenvalue weighted by atomic mass is 10.2. The van der Waals surface area contributed by atoms with Gasteiger partial charge in [0.15, 0.2) is 0 Å². The van der Waals surface area contributed by atoms with Crippen molar-refractivity contribution < 1.29 is 4.74 Å². The van der Waals surface area contributed by atoms with E-state index in [4.69, 9.17) is 10.00 Å². The van der Waals surface area contributed by atoms with Gasteiger partial charge in [-0.1, -0.05) is 0 Å². The Morgan fingerprint density at radius 3 is 2.59 bits per heavy atom. The molecule has 0 N–H and O–H groups in total. The molecule has 0 amide bonds. The first-order valence-corrected chi connectivity index (χ1v) is 5.31. The van der Waals surface area contributed by atoms with Crippen LogP contribution >= 0.6 is 0 Å². The zero-order chi connectivity index (χ0) is 12.3. The van der Waals surface area contributed by atoms with Crippen LogP contribution in [0.1, 0.15) is 17.0 Å². The summed E-state index contributed by atoms with van der Waals surface area (Å²) in [7, 11) is 1.89. The van der Waals surface area contributed by atoms with Crippen LogP contribution in [0.15, 0.2) is 30.3 Å². The number of nitriles is 1. The van der Waals surface area contributed by atoms with E-state index in [9.17, 15) is 0 Å². The molecule has 0 spiro atoms. The van der Waals surface area contributed by atoms with Gasteiger partial charge in [0.25, 0.3) is 0 Å². The van der Waals surface area contributed by atoms with Gasteiger partial charge < -0.3 is 4.74 Å². The molecule has 4 nitrogen and oxygen atoms in total. The van der Waals surface area contributed by atoms with Gasteiger partial charge in [-0.25, -0.2) is 0 Å². The van der Waals surface area contributed by atoms with E-state index >= 15 is 0 Å². The molecule has 0 aliphatic heterocycles. The van der Waals surface area contributed by atoms with Crippen molar-refractivity contribution in [1.29, 1.82) is 5.26 Å². The van der Waals surface area contributed by atoms with Crippen LogP contribution in [0.4, 0.5) is 0 Å². The highest BCUT2D eigenvalue weighted by Gasteiger charge is 2.02. The molecule has 4 heteroatoms. The number of aryl methyl sites for hydroxylation is 2. The van der Waals surface area contributed by atoms with Gasteiger partial charge in [0, 0.05) is 7.05 Å². The van der Waals surface area contributed by atoms with E-state index in [-0.39, 0.29) is 0 Å². The summed E-state index contributed by atoms with van der Waals surface area (Å²) in [4.78, 5) is 0. The van der Waals surface area contributed by atoms with Crippen molar-refractivity contribution in [2.45, 2.75) is 13.5 Å². The fraction of sp³-hybridized carbons (Fsp3) is 0.231. The fourth-order valence-corrected chi connectivity index (χ4v) is 1.58. The second-order valence-corrected chi connectivity index (χ2v) is 3.83. The van der Waals surface area contributed by atoms with E-state index < -0.39 is 0 Å². The predicted molar refractivity (Wildman–Crippen MR) is 63.4 cm³/mol. The Bertz CT molecular complexity index is 549. The van der Waals surface area contributed by atoms with E-state index in [1.807, 2.05) is 20.0 Å². The van der Waals surface area contributed by atoms with Crippen LogP contribution in [0.2, 0.25) is 0 Å². The Morgan fingerprint density at radius 1 is 1.35 bits per heavy atom. The van der Waals surface area contributed by atoms with Gasteiger partial charge >= 0.3 is 0 Å². The molecule has 86 valence electrons. The standard InChI is InChI=1S/C13H13N3O/c1-10-7-12(16(2)15-10)9-17-13-5-3-11(8-14)4-6-13/h3-7H,9H2,1-2H3. The number of ether oxygens (including phenoxy) is 1. The maximum Gasteiger partial charge on any atom is 0.130 e. The second-order valence-electron chi connectivity index (χ2n) is 3.83. The van der Waals surface area contributed by atoms with Gasteiger partial charge in [-0.3, -0.25) is 4.68 Å². The summed E-state index contributed by atoms with van der Waals surface area (Å²) in [5.41, 5.74) is 2.63. The quantitative estimate of drug-likeness (QED) is 0.807. The summed E-state index contributed by atoms with van der Waals surface area (Å²) >= 11 is 0. The first-order chi connectivity index (χ1) is 8.19. The smallest absolute Gasteiger partial charge is 0.130 e. The van der Waals surface area contributed by atoms with Gasteiger partial charge in [-0.2, -0.15) is 10.4 Å². The minimum absolute atomic E-state index is 0.475. The average Bonchev–Trinajstić information content (AvgIpc) is 2.66. The zero-order valence-corrected chi connectivity index (χ0v) is 9.84. The summed E-state index contributed by atoms with van der Waals surface area (Å²) in [6.45, 7) is 2.43. The molecule has 2 aromatic rings. The highest BCUT2D eigenvalue weighted by atomic mass is 16.5. The van der Waals surface area contributed by atoms with E-state index in [1.165, 1.54) is 0 Å². The Labute approximate surface area is 100 Å².